The molecule has 3 aromatic rings. The van der Waals surface area contributed by atoms with E-state index in [2.05, 4.69) is 9.97 Å². The summed E-state index contributed by atoms with van der Waals surface area (Å²) in [5.74, 6) is -0.992. The van der Waals surface area contributed by atoms with Crippen molar-refractivity contribution in [3.05, 3.63) is 71.4 Å². The van der Waals surface area contributed by atoms with E-state index in [1.165, 1.54) is 23.9 Å². The topological polar surface area (TPSA) is 47.8 Å². The maximum Gasteiger partial charge on any atom is 0.185 e. The van der Waals surface area contributed by atoms with Crippen molar-refractivity contribution in [2.45, 2.75) is 36.2 Å². The van der Waals surface area contributed by atoms with Crippen LogP contribution in [0.3, 0.4) is 0 Å². The summed E-state index contributed by atoms with van der Waals surface area (Å²) < 4.78 is 28.9. The van der Waals surface area contributed by atoms with Gasteiger partial charge in [0.25, 0.3) is 0 Å². The molecule has 0 aliphatic carbocycles. The summed E-state index contributed by atoms with van der Waals surface area (Å²) in [7, 11) is 0. The van der Waals surface area contributed by atoms with Crippen LogP contribution in [0.15, 0.2) is 52.5 Å². The van der Waals surface area contributed by atoms with E-state index in [1.54, 1.807) is 10.8 Å². The zero-order chi connectivity index (χ0) is 18.7. The highest BCUT2D eigenvalue weighted by Gasteiger charge is 2.21. The molecule has 2 aromatic heterocycles. The molecule has 0 fully saturated rings. The van der Waals surface area contributed by atoms with Gasteiger partial charge in [-0.1, -0.05) is 31.7 Å². The van der Waals surface area contributed by atoms with Crippen LogP contribution < -0.4 is 0 Å². The van der Waals surface area contributed by atoms with Gasteiger partial charge in [0, 0.05) is 17.2 Å². The maximum atomic E-state index is 13.6. The molecule has 3 rings (SSSR count). The van der Waals surface area contributed by atoms with E-state index in [0.717, 1.165) is 11.8 Å². The van der Waals surface area contributed by atoms with Crippen LogP contribution in [0.1, 0.15) is 41.8 Å². The number of hydrogen-bond acceptors (Lipinski definition) is 4. The van der Waals surface area contributed by atoms with Crippen LogP contribution in [0.5, 0.6) is 0 Å². The molecule has 0 unspecified atom stereocenters. The predicted octanol–water partition coefficient (Wildman–Crippen LogP) is 4.69. The Morgan fingerprint density at radius 3 is 2.50 bits per heavy atom. The minimum atomic E-state index is -0.648. The molecule has 0 N–H and O–H groups in total. The Bertz CT molecular complexity index is 906. The van der Waals surface area contributed by atoms with Gasteiger partial charge >= 0.3 is 0 Å². The van der Waals surface area contributed by atoms with Crippen molar-refractivity contribution in [2.24, 2.45) is 0 Å². The number of halogens is 2. The Labute approximate surface area is 154 Å². The standard InChI is InChI=1S/C19H17F2N3OS/c1-12(2)18-19(26-16-8-13(20)7-14(21)9-16)24(17(11-25)23-18)10-15-5-3-4-6-22-15/h3-9,11-12H,10H2,1-2H3. The van der Waals surface area contributed by atoms with Crippen molar-refractivity contribution < 1.29 is 13.6 Å². The van der Waals surface area contributed by atoms with Gasteiger partial charge in [0.05, 0.1) is 17.9 Å². The molecule has 0 aliphatic heterocycles. The summed E-state index contributed by atoms with van der Waals surface area (Å²) in [4.78, 5) is 20.7. The van der Waals surface area contributed by atoms with Crippen LogP contribution >= 0.6 is 11.8 Å². The molecule has 4 nitrogen and oxygen atoms in total. The first kappa shape index (κ1) is 18.3. The molecule has 1 aromatic carbocycles. The number of carbonyl (C=O) groups is 1. The van der Waals surface area contributed by atoms with Crippen molar-refractivity contribution >= 4 is 18.0 Å². The van der Waals surface area contributed by atoms with Gasteiger partial charge in [0.15, 0.2) is 12.1 Å². The van der Waals surface area contributed by atoms with E-state index in [9.17, 15) is 13.6 Å². The van der Waals surface area contributed by atoms with E-state index in [-0.39, 0.29) is 11.7 Å². The molecule has 2 heterocycles. The fraction of sp³-hybridized carbons (Fsp3) is 0.211. The Kier molecular flexibility index (Phi) is 5.46. The molecule has 0 aliphatic rings. The van der Waals surface area contributed by atoms with Crippen molar-refractivity contribution in [3.8, 4) is 0 Å². The number of hydrogen-bond donors (Lipinski definition) is 0. The third kappa shape index (κ3) is 3.99. The molecule has 0 bridgehead atoms. The minimum absolute atomic E-state index is 0.0413. The maximum absolute atomic E-state index is 13.6. The third-order valence-corrected chi connectivity index (χ3v) is 4.82. The number of carbonyl (C=O) groups excluding carboxylic acids is 1. The summed E-state index contributed by atoms with van der Waals surface area (Å²) in [5, 5.41) is 0.678. The SMILES string of the molecule is CC(C)c1nc(C=O)n(Cc2ccccn2)c1Sc1cc(F)cc(F)c1. The third-order valence-electron chi connectivity index (χ3n) is 3.72. The van der Waals surface area contributed by atoms with E-state index in [1.807, 2.05) is 32.0 Å². The number of imidazole rings is 1. The number of aromatic nitrogens is 3. The zero-order valence-corrected chi connectivity index (χ0v) is 15.1. The smallest absolute Gasteiger partial charge is 0.185 e. The normalized spacial score (nSPS) is 11.1. The monoisotopic (exact) mass is 373 g/mol. The lowest BCUT2D eigenvalue weighted by Crippen LogP contribution is -2.07. The molecule has 7 heteroatoms. The lowest BCUT2D eigenvalue weighted by molar-refractivity contribution is 0.111. The second kappa shape index (κ2) is 7.78. The highest BCUT2D eigenvalue weighted by Crippen LogP contribution is 2.35. The first-order valence-corrected chi connectivity index (χ1v) is 8.89. The number of pyridine rings is 1. The lowest BCUT2D eigenvalue weighted by atomic mass is 10.1. The Morgan fingerprint density at radius 2 is 1.92 bits per heavy atom. The minimum Gasteiger partial charge on any atom is -0.310 e. The number of rotatable bonds is 6. The lowest BCUT2D eigenvalue weighted by Gasteiger charge is -2.12. The van der Waals surface area contributed by atoms with Crippen LogP contribution in [-0.4, -0.2) is 20.8 Å². The molecular weight excluding hydrogens is 356 g/mol. The van der Waals surface area contributed by atoms with Crippen molar-refractivity contribution in [1.29, 1.82) is 0 Å². The van der Waals surface area contributed by atoms with Gasteiger partial charge in [0.1, 0.15) is 16.7 Å². The second-order valence-electron chi connectivity index (χ2n) is 6.05. The van der Waals surface area contributed by atoms with Crippen LogP contribution in [-0.2, 0) is 6.54 Å². The van der Waals surface area contributed by atoms with Crippen molar-refractivity contribution in [2.75, 3.05) is 0 Å². The highest BCUT2D eigenvalue weighted by molar-refractivity contribution is 7.99. The van der Waals surface area contributed by atoms with Gasteiger partial charge in [-0.15, -0.1) is 0 Å². The molecule has 134 valence electrons. The molecule has 0 atom stereocenters. The van der Waals surface area contributed by atoms with Gasteiger partial charge in [-0.05, 0) is 30.2 Å². The molecule has 0 saturated heterocycles. The average molecular weight is 373 g/mol. The summed E-state index contributed by atoms with van der Waals surface area (Å²) in [6.07, 6.45) is 2.36. The molecule has 0 radical (unpaired) electrons. The van der Waals surface area contributed by atoms with Gasteiger partial charge in [-0.3, -0.25) is 9.78 Å². The van der Waals surface area contributed by atoms with Crippen molar-refractivity contribution in [3.63, 3.8) is 0 Å². The van der Waals surface area contributed by atoms with E-state index < -0.39 is 11.6 Å². The molecule has 0 amide bonds. The first-order chi connectivity index (χ1) is 12.5. The van der Waals surface area contributed by atoms with E-state index in [4.69, 9.17) is 0 Å². The molecule has 26 heavy (non-hydrogen) atoms. The van der Waals surface area contributed by atoms with Crippen LogP contribution in [0.2, 0.25) is 0 Å². The van der Waals surface area contributed by atoms with Crippen LogP contribution in [0, 0.1) is 11.6 Å². The van der Waals surface area contributed by atoms with Crippen molar-refractivity contribution in [1.82, 2.24) is 14.5 Å². The Hall–Kier alpha value is -2.54. The number of benzene rings is 1. The predicted molar refractivity (Wildman–Crippen MR) is 95.5 cm³/mol. The zero-order valence-electron chi connectivity index (χ0n) is 14.3. The second-order valence-corrected chi connectivity index (χ2v) is 7.11. The molecule has 0 spiro atoms. The fourth-order valence-electron chi connectivity index (χ4n) is 2.55. The van der Waals surface area contributed by atoms with E-state index >= 15 is 0 Å². The quantitative estimate of drug-likeness (QED) is 0.588. The summed E-state index contributed by atoms with van der Waals surface area (Å²) >= 11 is 1.19. The largest absolute Gasteiger partial charge is 0.310 e. The molecule has 0 saturated carbocycles. The summed E-state index contributed by atoms with van der Waals surface area (Å²) in [6, 6.07) is 8.86. The van der Waals surface area contributed by atoms with Gasteiger partial charge in [-0.2, -0.15) is 0 Å². The first-order valence-electron chi connectivity index (χ1n) is 8.07. The van der Waals surface area contributed by atoms with Crippen LogP contribution in [0.4, 0.5) is 8.78 Å². The Morgan fingerprint density at radius 1 is 1.19 bits per heavy atom. The summed E-state index contributed by atoms with van der Waals surface area (Å²) in [6.45, 7) is 4.26. The van der Waals surface area contributed by atoms with E-state index in [0.29, 0.717) is 28.4 Å². The Balaban J connectivity index is 2.08. The van der Waals surface area contributed by atoms with Gasteiger partial charge in [-0.25, -0.2) is 13.8 Å². The van der Waals surface area contributed by atoms with Gasteiger partial charge < -0.3 is 4.57 Å². The summed E-state index contributed by atoms with van der Waals surface area (Å²) in [5.41, 5.74) is 1.47. The van der Waals surface area contributed by atoms with Gasteiger partial charge in [0.2, 0.25) is 0 Å². The van der Waals surface area contributed by atoms with Crippen LogP contribution in [0.25, 0.3) is 0 Å². The fourth-order valence-corrected chi connectivity index (χ4v) is 3.77. The highest BCUT2D eigenvalue weighted by atomic mass is 32.2. The average Bonchev–Trinajstić information content (AvgIpc) is 2.93. The number of nitrogens with zero attached hydrogens (tertiary/aromatic N) is 3. The number of aldehydes is 1. The molecular formula is C19H17F2N3OS.